The molecule has 0 saturated heterocycles. The summed E-state index contributed by atoms with van der Waals surface area (Å²) in [6, 6.07) is 9.96. The molecule has 0 radical (unpaired) electrons. The zero-order chi connectivity index (χ0) is 14.8. The van der Waals surface area contributed by atoms with Gasteiger partial charge in [-0.3, -0.25) is 4.31 Å². The van der Waals surface area contributed by atoms with Crippen molar-refractivity contribution in [2.24, 2.45) is 0 Å². The molecule has 0 amide bonds. The lowest BCUT2D eigenvalue weighted by Crippen LogP contribution is -2.28. The van der Waals surface area contributed by atoms with Crippen LogP contribution in [0.25, 0.3) is 0 Å². The first kappa shape index (κ1) is 14.1. The third kappa shape index (κ3) is 2.97. The van der Waals surface area contributed by atoms with Gasteiger partial charge in [-0.05, 0) is 25.1 Å². The zero-order valence-corrected chi connectivity index (χ0v) is 11.9. The maximum Gasteiger partial charge on any atom is 0.240 e. The Morgan fingerprint density at radius 2 is 2.15 bits per heavy atom. The van der Waals surface area contributed by atoms with E-state index in [1.165, 1.54) is 13.1 Å². The molecule has 0 atom stereocenters. The van der Waals surface area contributed by atoms with E-state index in [0.29, 0.717) is 22.7 Å². The van der Waals surface area contributed by atoms with E-state index in [1.807, 2.05) is 6.07 Å². The molecule has 104 valence electrons. The molecule has 0 unspecified atom stereocenters. The van der Waals surface area contributed by atoms with Crippen molar-refractivity contribution in [1.29, 1.82) is 5.26 Å². The second kappa shape index (κ2) is 5.35. The SMILES string of the molecule is Cc1cc(CS(=O)(=O)N(C)c2cccc(C#N)c2)no1. The van der Waals surface area contributed by atoms with Gasteiger partial charge in [0, 0.05) is 13.1 Å². The average Bonchev–Trinajstić information content (AvgIpc) is 2.82. The van der Waals surface area contributed by atoms with Gasteiger partial charge in [-0.2, -0.15) is 5.26 Å². The predicted octanol–water partition coefficient (Wildman–Crippen LogP) is 1.82. The third-order valence-corrected chi connectivity index (χ3v) is 4.47. The lowest BCUT2D eigenvalue weighted by atomic mass is 10.2. The highest BCUT2D eigenvalue weighted by molar-refractivity contribution is 7.92. The maximum absolute atomic E-state index is 12.3. The molecule has 0 aliphatic carbocycles. The van der Waals surface area contributed by atoms with E-state index in [0.717, 1.165) is 4.31 Å². The van der Waals surface area contributed by atoms with Crippen molar-refractivity contribution in [1.82, 2.24) is 5.16 Å². The Bertz CT molecular complexity index is 759. The van der Waals surface area contributed by atoms with Gasteiger partial charge in [-0.25, -0.2) is 8.42 Å². The highest BCUT2D eigenvalue weighted by Crippen LogP contribution is 2.20. The Morgan fingerprint density at radius 3 is 2.75 bits per heavy atom. The van der Waals surface area contributed by atoms with Crippen LogP contribution in [0.15, 0.2) is 34.9 Å². The third-order valence-electron chi connectivity index (χ3n) is 2.76. The average molecular weight is 291 g/mol. The summed E-state index contributed by atoms with van der Waals surface area (Å²) in [6.07, 6.45) is 0. The second-order valence-electron chi connectivity index (χ2n) is 4.31. The summed E-state index contributed by atoms with van der Waals surface area (Å²) in [5.74, 6) is 0.307. The van der Waals surface area contributed by atoms with E-state index in [2.05, 4.69) is 5.16 Å². The summed E-state index contributed by atoms with van der Waals surface area (Å²) >= 11 is 0. The van der Waals surface area contributed by atoms with Crippen LogP contribution < -0.4 is 4.31 Å². The summed E-state index contributed by atoms with van der Waals surface area (Å²) in [7, 11) is -2.13. The molecule has 0 bridgehead atoms. The van der Waals surface area contributed by atoms with Crippen LogP contribution in [0.3, 0.4) is 0 Å². The molecule has 2 rings (SSSR count). The number of aryl methyl sites for hydroxylation is 1. The van der Waals surface area contributed by atoms with Crippen molar-refractivity contribution in [2.45, 2.75) is 12.7 Å². The van der Waals surface area contributed by atoms with Gasteiger partial charge in [0.15, 0.2) is 0 Å². The largest absolute Gasteiger partial charge is 0.361 e. The van der Waals surface area contributed by atoms with Gasteiger partial charge in [0.2, 0.25) is 10.0 Å². The fourth-order valence-electron chi connectivity index (χ4n) is 1.70. The van der Waals surface area contributed by atoms with E-state index in [9.17, 15) is 8.42 Å². The summed E-state index contributed by atoms with van der Waals surface area (Å²) in [4.78, 5) is 0. The molecule has 1 heterocycles. The molecule has 6 nitrogen and oxygen atoms in total. The van der Waals surface area contributed by atoms with Crippen LogP contribution in [0.5, 0.6) is 0 Å². The Hall–Kier alpha value is -2.33. The normalized spacial score (nSPS) is 11.1. The first-order chi connectivity index (χ1) is 9.42. The van der Waals surface area contributed by atoms with E-state index < -0.39 is 10.0 Å². The standard InChI is InChI=1S/C13H13N3O3S/c1-10-6-12(15-19-10)9-20(17,18)16(2)13-5-3-4-11(7-13)8-14/h3-7H,9H2,1-2H3. The van der Waals surface area contributed by atoms with E-state index in [4.69, 9.17) is 9.78 Å². The first-order valence-corrected chi connectivity index (χ1v) is 7.42. The van der Waals surface area contributed by atoms with Gasteiger partial charge >= 0.3 is 0 Å². The molecule has 0 fully saturated rings. The second-order valence-corrected chi connectivity index (χ2v) is 6.31. The Labute approximate surface area is 117 Å². The quantitative estimate of drug-likeness (QED) is 0.857. The summed E-state index contributed by atoms with van der Waals surface area (Å²) in [5, 5.41) is 12.5. The number of sulfonamides is 1. The van der Waals surface area contributed by atoms with Crippen LogP contribution >= 0.6 is 0 Å². The predicted molar refractivity (Wildman–Crippen MR) is 73.4 cm³/mol. The van der Waals surface area contributed by atoms with Crippen LogP contribution in [0.1, 0.15) is 17.0 Å². The molecule has 2 aromatic rings. The Balaban J connectivity index is 2.26. The van der Waals surface area contributed by atoms with Gasteiger partial charge < -0.3 is 4.52 Å². The minimum atomic E-state index is -3.58. The van der Waals surface area contributed by atoms with Gasteiger partial charge in [0.25, 0.3) is 0 Å². The smallest absolute Gasteiger partial charge is 0.240 e. The highest BCUT2D eigenvalue weighted by Gasteiger charge is 2.21. The van der Waals surface area contributed by atoms with Gasteiger partial charge in [-0.15, -0.1) is 0 Å². The molecular weight excluding hydrogens is 278 g/mol. The minimum absolute atomic E-state index is 0.252. The lowest BCUT2D eigenvalue weighted by molar-refractivity contribution is 0.392. The van der Waals surface area contributed by atoms with Crippen molar-refractivity contribution < 1.29 is 12.9 Å². The molecular formula is C13H13N3O3S. The number of nitriles is 1. The van der Waals surface area contributed by atoms with Crippen LogP contribution in [0, 0.1) is 18.3 Å². The van der Waals surface area contributed by atoms with Crippen molar-refractivity contribution >= 4 is 15.7 Å². The molecule has 1 aromatic heterocycles. The first-order valence-electron chi connectivity index (χ1n) is 5.81. The summed E-state index contributed by atoms with van der Waals surface area (Å²) in [6.45, 7) is 1.70. The zero-order valence-electron chi connectivity index (χ0n) is 11.1. The lowest BCUT2D eigenvalue weighted by Gasteiger charge is -2.18. The van der Waals surface area contributed by atoms with Crippen molar-refractivity contribution in [3.8, 4) is 6.07 Å². The van der Waals surface area contributed by atoms with Gasteiger partial charge in [-0.1, -0.05) is 11.2 Å². The molecule has 7 heteroatoms. The maximum atomic E-state index is 12.3. The topological polar surface area (TPSA) is 87.2 Å². The van der Waals surface area contributed by atoms with E-state index in [-0.39, 0.29) is 5.75 Å². The molecule has 0 N–H and O–H groups in total. The van der Waals surface area contributed by atoms with Crippen LogP contribution in [-0.2, 0) is 15.8 Å². The number of benzene rings is 1. The minimum Gasteiger partial charge on any atom is -0.361 e. The summed E-state index contributed by atoms with van der Waals surface area (Å²) in [5.41, 5.74) is 1.19. The van der Waals surface area contributed by atoms with Crippen molar-refractivity contribution in [3.05, 3.63) is 47.3 Å². The monoisotopic (exact) mass is 291 g/mol. The van der Waals surface area contributed by atoms with Crippen LogP contribution in [0.4, 0.5) is 5.69 Å². The fourth-order valence-corrected chi connectivity index (χ4v) is 2.84. The number of rotatable bonds is 4. The number of anilines is 1. The van der Waals surface area contributed by atoms with E-state index >= 15 is 0 Å². The Morgan fingerprint density at radius 1 is 1.40 bits per heavy atom. The molecule has 0 aliphatic rings. The number of aromatic nitrogens is 1. The van der Waals surface area contributed by atoms with Crippen molar-refractivity contribution in [2.75, 3.05) is 11.4 Å². The van der Waals surface area contributed by atoms with Gasteiger partial charge in [0.1, 0.15) is 17.2 Å². The number of hydrogen-bond donors (Lipinski definition) is 0. The molecule has 1 aromatic carbocycles. The van der Waals surface area contributed by atoms with Crippen LogP contribution in [0.2, 0.25) is 0 Å². The molecule has 20 heavy (non-hydrogen) atoms. The summed E-state index contributed by atoms with van der Waals surface area (Å²) < 4.78 is 30.5. The van der Waals surface area contributed by atoms with Gasteiger partial charge in [0.05, 0.1) is 17.3 Å². The molecule has 0 spiro atoms. The number of hydrogen-bond acceptors (Lipinski definition) is 5. The number of nitrogens with zero attached hydrogens (tertiary/aromatic N) is 3. The molecule has 0 saturated carbocycles. The molecule has 0 aliphatic heterocycles. The van der Waals surface area contributed by atoms with Crippen molar-refractivity contribution in [3.63, 3.8) is 0 Å². The van der Waals surface area contributed by atoms with Crippen LogP contribution in [-0.4, -0.2) is 20.6 Å². The Kier molecular flexibility index (Phi) is 3.77. The highest BCUT2D eigenvalue weighted by atomic mass is 32.2. The fraction of sp³-hybridized carbons (Fsp3) is 0.231. The van der Waals surface area contributed by atoms with E-state index in [1.54, 1.807) is 31.2 Å².